The molecule has 0 aliphatic heterocycles. The lowest BCUT2D eigenvalue weighted by atomic mass is 9.94. The van der Waals surface area contributed by atoms with Gasteiger partial charge < -0.3 is 21.9 Å². The molecule has 1 unspecified atom stereocenters. The van der Waals surface area contributed by atoms with Gasteiger partial charge in [-0.25, -0.2) is 0 Å². The average molecular weight is 265 g/mol. The van der Waals surface area contributed by atoms with Gasteiger partial charge in [0.15, 0.2) is 0 Å². The smallest absolute Gasteiger partial charge is 0.253 e. The predicted octanol–water partition coefficient (Wildman–Crippen LogP) is 1.38. The third-order valence-corrected chi connectivity index (χ3v) is 2.80. The van der Waals surface area contributed by atoms with E-state index < -0.39 is 5.60 Å². The number of carbonyl (C=O) groups excluding carboxylic acids is 1. The van der Waals surface area contributed by atoms with Crippen molar-refractivity contribution in [3.8, 4) is 0 Å². The molecule has 0 fully saturated rings. The van der Waals surface area contributed by atoms with E-state index in [0.29, 0.717) is 29.3 Å². The van der Waals surface area contributed by atoms with Crippen molar-refractivity contribution >= 4 is 17.3 Å². The Labute approximate surface area is 114 Å². The summed E-state index contributed by atoms with van der Waals surface area (Å²) in [6.45, 7) is 5.94. The molecule has 0 radical (unpaired) electrons. The number of amides is 1. The number of nitrogens with one attached hydrogen (secondary N) is 1. The number of benzene rings is 1. The molecule has 1 amide bonds. The second-order valence-electron chi connectivity index (χ2n) is 5.62. The molecule has 6 N–H and O–H groups in total. The monoisotopic (exact) mass is 265 g/mol. The SMILES string of the molecule is CC(C)CC(C)(O)CNC(=O)c1ccc(N)cc1N. The van der Waals surface area contributed by atoms with E-state index in [1.165, 1.54) is 0 Å². The van der Waals surface area contributed by atoms with Gasteiger partial charge in [0.1, 0.15) is 0 Å². The molecule has 1 atom stereocenters. The van der Waals surface area contributed by atoms with E-state index in [4.69, 9.17) is 11.5 Å². The quantitative estimate of drug-likeness (QED) is 0.604. The molecule has 0 aliphatic rings. The van der Waals surface area contributed by atoms with Crippen LogP contribution in [0.1, 0.15) is 37.6 Å². The van der Waals surface area contributed by atoms with Crippen molar-refractivity contribution in [1.29, 1.82) is 0 Å². The highest BCUT2D eigenvalue weighted by atomic mass is 16.3. The van der Waals surface area contributed by atoms with Crippen LogP contribution in [0, 0.1) is 5.92 Å². The second kappa shape index (κ2) is 5.93. The minimum atomic E-state index is -0.924. The maximum absolute atomic E-state index is 12.0. The zero-order chi connectivity index (χ0) is 14.6. The van der Waals surface area contributed by atoms with Gasteiger partial charge in [-0.3, -0.25) is 4.79 Å². The lowest BCUT2D eigenvalue weighted by Gasteiger charge is -2.25. The Bertz CT molecular complexity index is 456. The Morgan fingerprint density at radius 2 is 2.05 bits per heavy atom. The van der Waals surface area contributed by atoms with Gasteiger partial charge in [-0.1, -0.05) is 13.8 Å². The van der Waals surface area contributed by atoms with Crippen molar-refractivity contribution in [1.82, 2.24) is 5.32 Å². The Hall–Kier alpha value is -1.75. The maximum atomic E-state index is 12.0. The third-order valence-electron chi connectivity index (χ3n) is 2.80. The van der Waals surface area contributed by atoms with Crippen LogP contribution in [0.4, 0.5) is 11.4 Å². The van der Waals surface area contributed by atoms with Crippen LogP contribution in [0.3, 0.4) is 0 Å². The number of carbonyl (C=O) groups is 1. The summed E-state index contributed by atoms with van der Waals surface area (Å²) in [7, 11) is 0. The summed E-state index contributed by atoms with van der Waals surface area (Å²) >= 11 is 0. The van der Waals surface area contributed by atoms with Crippen molar-refractivity contribution in [2.75, 3.05) is 18.0 Å². The van der Waals surface area contributed by atoms with Crippen LogP contribution in [-0.2, 0) is 0 Å². The van der Waals surface area contributed by atoms with E-state index in [9.17, 15) is 9.90 Å². The molecule has 0 spiro atoms. The Morgan fingerprint density at radius 3 is 2.58 bits per heavy atom. The second-order valence-corrected chi connectivity index (χ2v) is 5.62. The lowest BCUT2D eigenvalue weighted by molar-refractivity contribution is 0.0368. The predicted molar refractivity (Wildman–Crippen MR) is 77.7 cm³/mol. The molecule has 1 rings (SSSR count). The fourth-order valence-electron chi connectivity index (χ4n) is 2.11. The van der Waals surface area contributed by atoms with Crippen molar-refractivity contribution in [3.63, 3.8) is 0 Å². The molecule has 0 aliphatic carbocycles. The summed E-state index contributed by atoms with van der Waals surface area (Å²) < 4.78 is 0. The van der Waals surface area contributed by atoms with E-state index >= 15 is 0 Å². The maximum Gasteiger partial charge on any atom is 0.253 e. The van der Waals surface area contributed by atoms with Crippen LogP contribution in [0.2, 0.25) is 0 Å². The van der Waals surface area contributed by atoms with Gasteiger partial charge in [0.2, 0.25) is 0 Å². The van der Waals surface area contributed by atoms with Crippen molar-refractivity contribution in [2.45, 2.75) is 32.8 Å². The molecular formula is C14H23N3O2. The molecule has 5 nitrogen and oxygen atoms in total. The number of hydrogen-bond acceptors (Lipinski definition) is 4. The van der Waals surface area contributed by atoms with Crippen molar-refractivity contribution in [3.05, 3.63) is 23.8 Å². The number of nitrogens with two attached hydrogens (primary N) is 2. The molecule has 0 saturated heterocycles. The van der Waals surface area contributed by atoms with E-state index in [1.54, 1.807) is 25.1 Å². The third kappa shape index (κ3) is 4.79. The zero-order valence-electron chi connectivity index (χ0n) is 11.7. The molecule has 1 aromatic carbocycles. The molecule has 0 aromatic heterocycles. The van der Waals surface area contributed by atoms with Gasteiger partial charge >= 0.3 is 0 Å². The van der Waals surface area contributed by atoms with Gasteiger partial charge in [0.25, 0.3) is 5.91 Å². The Morgan fingerprint density at radius 1 is 1.42 bits per heavy atom. The first-order valence-corrected chi connectivity index (χ1v) is 6.37. The fourth-order valence-corrected chi connectivity index (χ4v) is 2.11. The molecule has 1 aromatic rings. The number of nitrogen functional groups attached to an aromatic ring is 2. The van der Waals surface area contributed by atoms with E-state index in [0.717, 1.165) is 0 Å². The molecule has 0 saturated carbocycles. The summed E-state index contributed by atoms with van der Waals surface area (Å²) in [5, 5.41) is 12.8. The van der Waals surface area contributed by atoms with Crippen LogP contribution >= 0.6 is 0 Å². The summed E-state index contributed by atoms with van der Waals surface area (Å²) in [4.78, 5) is 12.0. The minimum Gasteiger partial charge on any atom is -0.399 e. The van der Waals surface area contributed by atoms with Gasteiger partial charge in [0, 0.05) is 17.9 Å². The fraction of sp³-hybridized carbons (Fsp3) is 0.500. The van der Waals surface area contributed by atoms with Crippen LogP contribution < -0.4 is 16.8 Å². The standard InChI is InChI=1S/C14H23N3O2/c1-9(2)7-14(3,19)8-17-13(18)11-5-4-10(15)6-12(11)16/h4-6,9,19H,7-8,15-16H2,1-3H3,(H,17,18). The Balaban J connectivity index is 2.65. The van der Waals surface area contributed by atoms with Crippen LogP contribution in [0.25, 0.3) is 0 Å². The number of hydrogen-bond donors (Lipinski definition) is 4. The summed E-state index contributed by atoms with van der Waals surface area (Å²) in [6, 6.07) is 4.75. The van der Waals surface area contributed by atoms with Crippen LogP contribution in [-0.4, -0.2) is 23.2 Å². The molecule has 5 heteroatoms. The van der Waals surface area contributed by atoms with E-state index in [-0.39, 0.29) is 12.5 Å². The number of rotatable bonds is 5. The lowest BCUT2D eigenvalue weighted by Crippen LogP contribution is -2.41. The molecule has 0 heterocycles. The van der Waals surface area contributed by atoms with E-state index in [1.807, 2.05) is 13.8 Å². The highest BCUT2D eigenvalue weighted by Gasteiger charge is 2.23. The minimum absolute atomic E-state index is 0.188. The molecular weight excluding hydrogens is 242 g/mol. The Kier molecular flexibility index (Phi) is 4.78. The average Bonchev–Trinajstić information content (AvgIpc) is 2.24. The van der Waals surface area contributed by atoms with Gasteiger partial charge in [-0.2, -0.15) is 0 Å². The highest BCUT2D eigenvalue weighted by Crippen LogP contribution is 2.17. The van der Waals surface area contributed by atoms with Crippen LogP contribution in [0.15, 0.2) is 18.2 Å². The normalized spacial score (nSPS) is 14.2. The number of anilines is 2. The van der Waals surface area contributed by atoms with Gasteiger partial charge in [-0.15, -0.1) is 0 Å². The van der Waals surface area contributed by atoms with Gasteiger partial charge in [-0.05, 0) is 37.5 Å². The van der Waals surface area contributed by atoms with Crippen molar-refractivity contribution < 1.29 is 9.90 Å². The first kappa shape index (κ1) is 15.3. The molecule has 106 valence electrons. The first-order chi connectivity index (χ1) is 8.71. The first-order valence-electron chi connectivity index (χ1n) is 6.37. The van der Waals surface area contributed by atoms with E-state index in [2.05, 4.69) is 5.32 Å². The molecule has 0 bridgehead atoms. The van der Waals surface area contributed by atoms with Crippen LogP contribution in [0.5, 0.6) is 0 Å². The summed E-state index contributed by atoms with van der Waals surface area (Å²) in [6.07, 6.45) is 0.616. The summed E-state index contributed by atoms with van der Waals surface area (Å²) in [5.74, 6) is 0.0510. The van der Waals surface area contributed by atoms with Crippen molar-refractivity contribution in [2.24, 2.45) is 5.92 Å². The number of aliphatic hydroxyl groups is 1. The summed E-state index contributed by atoms with van der Waals surface area (Å²) in [5.41, 5.74) is 11.6. The largest absolute Gasteiger partial charge is 0.399 e. The molecule has 19 heavy (non-hydrogen) atoms. The van der Waals surface area contributed by atoms with Gasteiger partial charge in [0.05, 0.1) is 11.2 Å². The topological polar surface area (TPSA) is 101 Å². The highest BCUT2D eigenvalue weighted by molar-refractivity contribution is 5.99. The zero-order valence-corrected chi connectivity index (χ0v) is 11.7.